The van der Waals surface area contributed by atoms with Crippen molar-refractivity contribution in [3.05, 3.63) is 24.3 Å². The van der Waals surface area contributed by atoms with E-state index in [0.29, 0.717) is 31.1 Å². The summed E-state index contributed by atoms with van der Waals surface area (Å²) in [6, 6.07) is 6.52. The Labute approximate surface area is 156 Å². The molecule has 1 N–H and O–H groups in total. The second kappa shape index (κ2) is 8.50. The van der Waals surface area contributed by atoms with Gasteiger partial charge in [-0.15, -0.1) is 0 Å². The number of piperazine rings is 1. The van der Waals surface area contributed by atoms with Crippen molar-refractivity contribution in [1.82, 2.24) is 9.21 Å². The fourth-order valence-corrected chi connectivity index (χ4v) is 5.17. The minimum atomic E-state index is -3.46. The van der Waals surface area contributed by atoms with Gasteiger partial charge in [-0.05, 0) is 43.7 Å². The van der Waals surface area contributed by atoms with Gasteiger partial charge in [-0.2, -0.15) is 4.31 Å². The Bertz CT molecular complexity index is 704. The highest BCUT2D eigenvalue weighted by molar-refractivity contribution is 7.89. The van der Waals surface area contributed by atoms with Crippen LogP contribution < -0.4 is 5.32 Å². The molecule has 1 aliphatic carbocycles. The van der Waals surface area contributed by atoms with Crippen LogP contribution in [0.15, 0.2) is 29.2 Å². The molecule has 1 saturated heterocycles. The van der Waals surface area contributed by atoms with Crippen LogP contribution in [0, 0.1) is 5.92 Å². The SMILES string of the molecule is CN1CCN(S(=O)(=O)c2ccc(NC(=O)CCC3CCCC3)cc2)CC1. The molecule has 1 saturated carbocycles. The molecule has 1 amide bonds. The van der Waals surface area contributed by atoms with E-state index in [1.54, 1.807) is 24.3 Å². The molecule has 0 spiro atoms. The van der Waals surface area contributed by atoms with Crippen molar-refractivity contribution in [2.24, 2.45) is 5.92 Å². The molecule has 2 aliphatic rings. The van der Waals surface area contributed by atoms with Gasteiger partial charge in [0.15, 0.2) is 0 Å². The fraction of sp³-hybridized carbons (Fsp3) is 0.632. The summed E-state index contributed by atoms with van der Waals surface area (Å²) < 4.78 is 26.9. The van der Waals surface area contributed by atoms with Gasteiger partial charge in [0.05, 0.1) is 4.90 Å². The number of rotatable bonds is 6. The first kappa shape index (κ1) is 19.3. The molecule has 0 bridgehead atoms. The molecular formula is C19H29N3O3S. The molecule has 0 radical (unpaired) electrons. The van der Waals surface area contributed by atoms with Crippen molar-refractivity contribution in [3.8, 4) is 0 Å². The highest BCUT2D eigenvalue weighted by atomic mass is 32.2. The van der Waals surface area contributed by atoms with Crippen LogP contribution in [0.3, 0.4) is 0 Å². The zero-order chi connectivity index (χ0) is 18.6. The summed E-state index contributed by atoms with van der Waals surface area (Å²) >= 11 is 0. The van der Waals surface area contributed by atoms with Gasteiger partial charge in [0, 0.05) is 38.3 Å². The van der Waals surface area contributed by atoms with Crippen molar-refractivity contribution in [2.45, 2.75) is 43.4 Å². The molecule has 0 atom stereocenters. The van der Waals surface area contributed by atoms with Crippen LogP contribution in [0.25, 0.3) is 0 Å². The quantitative estimate of drug-likeness (QED) is 0.825. The number of nitrogens with zero attached hydrogens (tertiary/aromatic N) is 2. The second-order valence-electron chi connectivity index (χ2n) is 7.47. The predicted molar refractivity (Wildman–Crippen MR) is 103 cm³/mol. The Kier molecular flexibility index (Phi) is 6.32. The Morgan fingerprint density at radius 1 is 1.08 bits per heavy atom. The van der Waals surface area contributed by atoms with E-state index in [2.05, 4.69) is 10.2 Å². The highest BCUT2D eigenvalue weighted by Crippen LogP contribution is 2.28. The van der Waals surface area contributed by atoms with Crippen LogP contribution in [0.2, 0.25) is 0 Å². The number of likely N-dealkylation sites (N-methyl/N-ethyl adjacent to an activating group) is 1. The molecule has 26 heavy (non-hydrogen) atoms. The van der Waals surface area contributed by atoms with E-state index >= 15 is 0 Å². The van der Waals surface area contributed by atoms with Crippen molar-refractivity contribution < 1.29 is 13.2 Å². The zero-order valence-electron chi connectivity index (χ0n) is 15.5. The number of carbonyl (C=O) groups excluding carboxylic acids is 1. The van der Waals surface area contributed by atoms with E-state index in [-0.39, 0.29) is 10.8 Å². The first-order chi connectivity index (χ1) is 12.4. The molecule has 0 aromatic heterocycles. The Hall–Kier alpha value is -1.44. The van der Waals surface area contributed by atoms with Gasteiger partial charge in [0.1, 0.15) is 0 Å². The standard InChI is InChI=1S/C19H29N3O3S/c1-21-12-14-22(15-13-21)26(24,25)18-9-7-17(8-10-18)20-19(23)11-6-16-4-2-3-5-16/h7-10,16H,2-6,11-15H2,1H3,(H,20,23). The molecule has 2 fully saturated rings. The van der Waals surface area contributed by atoms with Crippen molar-refractivity contribution in [2.75, 3.05) is 38.5 Å². The normalized spacial score (nSPS) is 20.3. The first-order valence-corrected chi connectivity index (χ1v) is 11.0. The summed E-state index contributed by atoms with van der Waals surface area (Å²) in [5, 5.41) is 2.88. The molecule has 6 nitrogen and oxygen atoms in total. The highest BCUT2D eigenvalue weighted by Gasteiger charge is 2.27. The number of hydrogen-bond acceptors (Lipinski definition) is 4. The smallest absolute Gasteiger partial charge is 0.243 e. The summed E-state index contributed by atoms with van der Waals surface area (Å²) in [5.74, 6) is 0.698. The van der Waals surface area contributed by atoms with Crippen LogP contribution in [0.1, 0.15) is 38.5 Å². The monoisotopic (exact) mass is 379 g/mol. The maximum atomic E-state index is 12.7. The average Bonchev–Trinajstić information content (AvgIpc) is 3.14. The zero-order valence-corrected chi connectivity index (χ0v) is 16.3. The minimum absolute atomic E-state index is 0.00609. The van der Waals surface area contributed by atoms with Crippen LogP contribution in [-0.2, 0) is 14.8 Å². The van der Waals surface area contributed by atoms with Gasteiger partial charge in [0.25, 0.3) is 0 Å². The lowest BCUT2D eigenvalue weighted by atomic mass is 10.0. The summed E-state index contributed by atoms with van der Waals surface area (Å²) in [4.78, 5) is 14.5. The van der Waals surface area contributed by atoms with E-state index in [4.69, 9.17) is 0 Å². The molecule has 1 heterocycles. The van der Waals surface area contributed by atoms with Crippen LogP contribution in [-0.4, -0.2) is 56.8 Å². The first-order valence-electron chi connectivity index (χ1n) is 9.54. The van der Waals surface area contributed by atoms with E-state index < -0.39 is 10.0 Å². The lowest BCUT2D eigenvalue weighted by Crippen LogP contribution is -2.46. The molecule has 144 valence electrons. The number of anilines is 1. The number of hydrogen-bond donors (Lipinski definition) is 1. The Balaban J connectivity index is 1.54. The topological polar surface area (TPSA) is 69.7 Å². The Morgan fingerprint density at radius 2 is 1.69 bits per heavy atom. The van der Waals surface area contributed by atoms with E-state index in [9.17, 15) is 13.2 Å². The predicted octanol–water partition coefficient (Wildman–Crippen LogP) is 2.53. The number of nitrogens with one attached hydrogen (secondary N) is 1. The number of carbonyl (C=O) groups is 1. The molecule has 1 aromatic carbocycles. The van der Waals surface area contributed by atoms with Crippen molar-refractivity contribution in [3.63, 3.8) is 0 Å². The summed E-state index contributed by atoms with van der Waals surface area (Å²) in [7, 11) is -1.46. The third-order valence-electron chi connectivity index (χ3n) is 5.49. The maximum absolute atomic E-state index is 12.7. The Morgan fingerprint density at radius 3 is 2.31 bits per heavy atom. The third-order valence-corrected chi connectivity index (χ3v) is 7.41. The van der Waals surface area contributed by atoms with Gasteiger partial charge < -0.3 is 10.2 Å². The van der Waals surface area contributed by atoms with E-state index in [1.807, 2.05) is 7.05 Å². The van der Waals surface area contributed by atoms with Crippen LogP contribution in [0.4, 0.5) is 5.69 Å². The summed E-state index contributed by atoms with van der Waals surface area (Å²) in [6.45, 7) is 2.51. The van der Waals surface area contributed by atoms with Gasteiger partial charge in [-0.25, -0.2) is 8.42 Å². The van der Waals surface area contributed by atoms with Gasteiger partial charge in [-0.1, -0.05) is 25.7 Å². The van der Waals surface area contributed by atoms with Crippen molar-refractivity contribution >= 4 is 21.6 Å². The van der Waals surface area contributed by atoms with Crippen LogP contribution in [0.5, 0.6) is 0 Å². The van der Waals surface area contributed by atoms with E-state index in [0.717, 1.165) is 19.5 Å². The molecular weight excluding hydrogens is 350 g/mol. The number of benzene rings is 1. The van der Waals surface area contributed by atoms with Gasteiger partial charge in [-0.3, -0.25) is 4.79 Å². The average molecular weight is 380 g/mol. The fourth-order valence-electron chi connectivity index (χ4n) is 3.75. The summed E-state index contributed by atoms with van der Waals surface area (Å²) in [5.41, 5.74) is 0.652. The lowest BCUT2D eigenvalue weighted by molar-refractivity contribution is -0.116. The minimum Gasteiger partial charge on any atom is -0.326 e. The molecule has 3 rings (SSSR count). The maximum Gasteiger partial charge on any atom is 0.243 e. The number of amides is 1. The van der Waals surface area contributed by atoms with Crippen molar-refractivity contribution in [1.29, 1.82) is 0 Å². The van der Waals surface area contributed by atoms with E-state index in [1.165, 1.54) is 30.0 Å². The third kappa shape index (κ3) is 4.84. The summed E-state index contributed by atoms with van der Waals surface area (Å²) in [6.07, 6.45) is 6.54. The van der Waals surface area contributed by atoms with Gasteiger partial charge in [0.2, 0.25) is 15.9 Å². The lowest BCUT2D eigenvalue weighted by Gasteiger charge is -2.31. The molecule has 7 heteroatoms. The number of sulfonamides is 1. The second-order valence-corrected chi connectivity index (χ2v) is 9.41. The van der Waals surface area contributed by atoms with Gasteiger partial charge >= 0.3 is 0 Å². The largest absolute Gasteiger partial charge is 0.326 e. The molecule has 0 unspecified atom stereocenters. The van der Waals surface area contributed by atoms with Crippen LogP contribution >= 0.6 is 0 Å². The molecule has 1 aliphatic heterocycles. The molecule has 1 aromatic rings.